The lowest BCUT2D eigenvalue weighted by atomic mass is 10.00. The number of aliphatic hydroxyl groups excluding tert-OH is 1. The SMILES string of the molecule is Cn1ncc2cnc(-c3ccnc(NCC(O)CN4CCc5ccccc5C4)c3)nc21. The van der Waals surface area contributed by atoms with E-state index in [0.717, 1.165) is 36.1 Å². The van der Waals surface area contributed by atoms with Gasteiger partial charge >= 0.3 is 0 Å². The first-order valence-corrected chi connectivity index (χ1v) is 10.5. The Kier molecular flexibility index (Phi) is 5.31. The first-order valence-electron chi connectivity index (χ1n) is 10.5. The number of β-amino-alcohol motifs (C(OH)–C–C–N with tert-alkyl or cyclic N) is 1. The van der Waals surface area contributed by atoms with Gasteiger partial charge in [0.25, 0.3) is 0 Å². The average Bonchev–Trinajstić information content (AvgIpc) is 3.18. The van der Waals surface area contributed by atoms with Gasteiger partial charge < -0.3 is 10.4 Å². The molecule has 0 fully saturated rings. The van der Waals surface area contributed by atoms with Gasteiger partial charge in [0.1, 0.15) is 5.82 Å². The predicted octanol–water partition coefficient (Wildman–Crippen LogP) is 2.26. The highest BCUT2D eigenvalue weighted by molar-refractivity contribution is 5.76. The molecule has 4 aromatic rings. The van der Waals surface area contributed by atoms with Gasteiger partial charge in [-0.3, -0.25) is 9.58 Å². The Hall–Kier alpha value is -3.36. The standard InChI is InChI=1S/C23H25N7O/c1-29-23-19(12-27-29)11-26-22(28-23)17-6-8-24-21(10-17)25-13-20(31)15-30-9-7-16-4-2-3-5-18(16)14-30/h2-6,8,10-12,20,31H,7,9,13-15H2,1H3,(H,24,25). The Balaban J connectivity index is 1.21. The van der Waals surface area contributed by atoms with E-state index in [0.29, 0.717) is 24.7 Å². The fourth-order valence-corrected chi connectivity index (χ4v) is 4.04. The number of pyridine rings is 1. The molecule has 0 amide bonds. The number of aliphatic hydroxyl groups is 1. The van der Waals surface area contributed by atoms with Crippen LogP contribution >= 0.6 is 0 Å². The number of nitrogens with zero attached hydrogens (tertiary/aromatic N) is 6. The summed E-state index contributed by atoms with van der Waals surface area (Å²) >= 11 is 0. The van der Waals surface area contributed by atoms with Gasteiger partial charge in [0.15, 0.2) is 11.5 Å². The lowest BCUT2D eigenvalue weighted by Gasteiger charge is -2.30. The lowest BCUT2D eigenvalue weighted by molar-refractivity contribution is 0.114. The summed E-state index contributed by atoms with van der Waals surface area (Å²) in [4.78, 5) is 15.7. The Morgan fingerprint density at radius 2 is 2.00 bits per heavy atom. The van der Waals surface area contributed by atoms with Crippen molar-refractivity contribution in [3.63, 3.8) is 0 Å². The van der Waals surface area contributed by atoms with Gasteiger partial charge in [-0.25, -0.2) is 15.0 Å². The summed E-state index contributed by atoms with van der Waals surface area (Å²) in [7, 11) is 1.86. The number of anilines is 1. The number of hydrogen-bond donors (Lipinski definition) is 2. The largest absolute Gasteiger partial charge is 0.390 e. The Bertz CT molecular complexity index is 1210. The normalized spacial score (nSPS) is 15.0. The molecular weight excluding hydrogens is 390 g/mol. The van der Waals surface area contributed by atoms with Gasteiger partial charge in [0.05, 0.1) is 17.7 Å². The van der Waals surface area contributed by atoms with Crippen LogP contribution in [0.15, 0.2) is 55.0 Å². The number of nitrogens with one attached hydrogen (secondary N) is 1. The van der Waals surface area contributed by atoms with E-state index in [-0.39, 0.29) is 0 Å². The van der Waals surface area contributed by atoms with Crippen LogP contribution in [0.5, 0.6) is 0 Å². The molecule has 1 aromatic carbocycles. The molecule has 3 aromatic heterocycles. The van der Waals surface area contributed by atoms with E-state index in [9.17, 15) is 5.11 Å². The van der Waals surface area contributed by atoms with E-state index in [2.05, 4.69) is 54.5 Å². The monoisotopic (exact) mass is 415 g/mol. The summed E-state index contributed by atoms with van der Waals surface area (Å²) < 4.78 is 1.73. The van der Waals surface area contributed by atoms with Crippen LogP contribution in [0.25, 0.3) is 22.4 Å². The van der Waals surface area contributed by atoms with E-state index in [1.54, 1.807) is 23.3 Å². The second-order valence-corrected chi connectivity index (χ2v) is 7.96. The van der Waals surface area contributed by atoms with Gasteiger partial charge in [-0.1, -0.05) is 24.3 Å². The molecule has 0 spiro atoms. The second-order valence-electron chi connectivity index (χ2n) is 7.96. The van der Waals surface area contributed by atoms with Crippen molar-refractivity contribution in [2.75, 3.05) is 25.0 Å². The molecule has 1 aliphatic heterocycles. The van der Waals surface area contributed by atoms with Crippen molar-refractivity contribution in [3.05, 3.63) is 66.1 Å². The van der Waals surface area contributed by atoms with E-state index in [1.807, 2.05) is 19.2 Å². The highest BCUT2D eigenvalue weighted by atomic mass is 16.3. The van der Waals surface area contributed by atoms with E-state index >= 15 is 0 Å². The third-order valence-corrected chi connectivity index (χ3v) is 5.69. The quantitative estimate of drug-likeness (QED) is 0.499. The predicted molar refractivity (Wildman–Crippen MR) is 119 cm³/mol. The molecule has 0 bridgehead atoms. The Labute approximate surface area is 180 Å². The van der Waals surface area contributed by atoms with Crippen molar-refractivity contribution in [2.45, 2.75) is 19.1 Å². The summed E-state index contributed by atoms with van der Waals surface area (Å²) in [6, 6.07) is 12.3. The molecule has 1 unspecified atom stereocenters. The molecule has 0 saturated carbocycles. The Morgan fingerprint density at radius 1 is 1.13 bits per heavy atom. The maximum atomic E-state index is 10.6. The van der Waals surface area contributed by atoms with Gasteiger partial charge in [-0.15, -0.1) is 0 Å². The van der Waals surface area contributed by atoms with Crippen LogP contribution in [-0.2, 0) is 20.0 Å². The molecular formula is C23H25N7O. The van der Waals surface area contributed by atoms with Crippen molar-refractivity contribution in [1.29, 1.82) is 0 Å². The molecule has 1 aliphatic rings. The molecule has 0 aliphatic carbocycles. The molecule has 8 nitrogen and oxygen atoms in total. The smallest absolute Gasteiger partial charge is 0.161 e. The minimum absolute atomic E-state index is 0.427. The fourth-order valence-electron chi connectivity index (χ4n) is 4.04. The number of aromatic nitrogens is 5. The van der Waals surface area contributed by atoms with Crippen molar-refractivity contribution < 1.29 is 5.11 Å². The molecule has 5 rings (SSSR count). The zero-order valence-corrected chi connectivity index (χ0v) is 17.4. The number of aryl methyl sites for hydroxylation is 1. The van der Waals surface area contributed by atoms with E-state index in [4.69, 9.17) is 0 Å². The van der Waals surface area contributed by atoms with Crippen LogP contribution in [0, 0.1) is 0 Å². The molecule has 0 saturated heterocycles. The first kappa shape index (κ1) is 19.6. The number of fused-ring (bicyclic) bond motifs is 2. The second kappa shape index (κ2) is 8.41. The number of benzene rings is 1. The average molecular weight is 416 g/mol. The van der Waals surface area contributed by atoms with Crippen LogP contribution < -0.4 is 5.32 Å². The Morgan fingerprint density at radius 3 is 2.90 bits per heavy atom. The van der Waals surface area contributed by atoms with Crippen LogP contribution in [-0.4, -0.2) is 60.5 Å². The van der Waals surface area contributed by atoms with E-state index in [1.165, 1.54) is 11.1 Å². The molecule has 4 heterocycles. The van der Waals surface area contributed by atoms with Gasteiger partial charge in [0.2, 0.25) is 0 Å². The maximum Gasteiger partial charge on any atom is 0.161 e. The summed E-state index contributed by atoms with van der Waals surface area (Å²) in [5.74, 6) is 1.31. The highest BCUT2D eigenvalue weighted by Gasteiger charge is 2.18. The molecule has 8 heteroatoms. The molecule has 158 valence electrons. The molecule has 31 heavy (non-hydrogen) atoms. The van der Waals surface area contributed by atoms with Crippen LogP contribution in [0.4, 0.5) is 5.82 Å². The topological polar surface area (TPSA) is 92.0 Å². The molecule has 2 N–H and O–H groups in total. The van der Waals surface area contributed by atoms with Crippen LogP contribution in [0.3, 0.4) is 0 Å². The summed E-state index contributed by atoms with van der Waals surface area (Å²) in [6.45, 7) is 2.90. The maximum absolute atomic E-state index is 10.6. The highest BCUT2D eigenvalue weighted by Crippen LogP contribution is 2.21. The number of rotatable bonds is 6. The van der Waals surface area contributed by atoms with Crippen molar-refractivity contribution >= 4 is 16.9 Å². The minimum atomic E-state index is -0.488. The third-order valence-electron chi connectivity index (χ3n) is 5.69. The van der Waals surface area contributed by atoms with Gasteiger partial charge in [-0.05, 0) is 29.7 Å². The third kappa shape index (κ3) is 4.26. The zero-order chi connectivity index (χ0) is 21.2. The van der Waals surface area contributed by atoms with Crippen molar-refractivity contribution in [1.82, 2.24) is 29.6 Å². The van der Waals surface area contributed by atoms with E-state index < -0.39 is 6.10 Å². The van der Waals surface area contributed by atoms with Crippen molar-refractivity contribution in [2.24, 2.45) is 7.05 Å². The van der Waals surface area contributed by atoms with Gasteiger partial charge in [0, 0.05) is 51.2 Å². The minimum Gasteiger partial charge on any atom is -0.390 e. The zero-order valence-electron chi connectivity index (χ0n) is 17.4. The summed E-state index contributed by atoms with van der Waals surface area (Å²) in [5.41, 5.74) is 4.42. The lowest BCUT2D eigenvalue weighted by Crippen LogP contribution is -2.39. The van der Waals surface area contributed by atoms with Crippen molar-refractivity contribution in [3.8, 4) is 11.4 Å². The summed E-state index contributed by atoms with van der Waals surface area (Å²) in [6.07, 6.45) is 5.79. The molecule has 1 atom stereocenters. The van der Waals surface area contributed by atoms with Crippen LogP contribution in [0.2, 0.25) is 0 Å². The number of hydrogen-bond acceptors (Lipinski definition) is 7. The van der Waals surface area contributed by atoms with Gasteiger partial charge in [-0.2, -0.15) is 5.10 Å². The summed E-state index contributed by atoms with van der Waals surface area (Å²) in [5, 5.41) is 18.9. The fraction of sp³-hybridized carbons (Fsp3) is 0.304. The first-order chi connectivity index (χ1) is 15.2. The molecule has 0 radical (unpaired) electrons. The van der Waals surface area contributed by atoms with Crippen LogP contribution in [0.1, 0.15) is 11.1 Å².